The van der Waals surface area contributed by atoms with Gasteiger partial charge in [-0.15, -0.1) is 0 Å². The molecule has 3 rings (SSSR count). The van der Waals surface area contributed by atoms with E-state index in [0.29, 0.717) is 0 Å². The maximum atomic E-state index is 12.9. The molecule has 0 saturated heterocycles. The van der Waals surface area contributed by atoms with Crippen LogP contribution in [0.4, 0.5) is 4.39 Å². The van der Waals surface area contributed by atoms with Crippen LogP contribution in [0.1, 0.15) is 30.0 Å². The highest BCUT2D eigenvalue weighted by Gasteiger charge is 2.22. The van der Waals surface area contributed by atoms with E-state index in [2.05, 4.69) is 5.32 Å². The van der Waals surface area contributed by atoms with E-state index >= 15 is 0 Å². The van der Waals surface area contributed by atoms with Crippen LogP contribution in [-0.4, -0.2) is 20.9 Å². The number of aryl methyl sites for hydroxylation is 1. The molecule has 0 heterocycles. The molecule has 0 radical (unpaired) electrons. The zero-order valence-electron chi connectivity index (χ0n) is 13.9. The number of fused-ring (bicyclic) bond motifs is 1. The van der Waals surface area contributed by atoms with Crippen molar-refractivity contribution in [1.82, 2.24) is 10.2 Å². The number of halogens is 1. The van der Waals surface area contributed by atoms with Gasteiger partial charge in [0.2, 0.25) is 5.91 Å². The minimum absolute atomic E-state index is 0.107. The molecular formula is C18H19FN2O4S. The van der Waals surface area contributed by atoms with Crippen LogP contribution in [0.3, 0.4) is 0 Å². The molecule has 0 aliphatic heterocycles. The monoisotopic (exact) mass is 378 g/mol. The Labute approximate surface area is 151 Å². The van der Waals surface area contributed by atoms with Gasteiger partial charge in [0.25, 0.3) is 10.0 Å². The molecule has 0 fully saturated rings. The SMILES string of the molecule is O=C(CONS(=O)(=O)c1ccc(F)cc1)N[C@@H]1CCCc2ccccc21. The normalized spacial score (nSPS) is 16.7. The Bertz CT molecular complexity index is 884. The largest absolute Gasteiger partial charge is 0.347 e. The molecule has 1 aliphatic carbocycles. The number of carbonyl (C=O) groups excluding carboxylic acids is 1. The zero-order chi connectivity index (χ0) is 18.6. The fraction of sp³-hybridized carbons (Fsp3) is 0.278. The molecule has 0 aromatic heterocycles. The smallest absolute Gasteiger partial charge is 0.262 e. The van der Waals surface area contributed by atoms with Crippen LogP contribution in [0, 0.1) is 5.82 Å². The van der Waals surface area contributed by atoms with Gasteiger partial charge in [-0.1, -0.05) is 29.2 Å². The van der Waals surface area contributed by atoms with Crippen LogP contribution in [0.25, 0.3) is 0 Å². The van der Waals surface area contributed by atoms with E-state index in [9.17, 15) is 17.6 Å². The molecule has 138 valence electrons. The minimum atomic E-state index is -3.97. The predicted octanol–water partition coefficient (Wildman–Crippen LogP) is 2.23. The Kier molecular flexibility index (Phi) is 5.65. The summed E-state index contributed by atoms with van der Waals surface area (Å²) in [6.07, 6.45) is 2.78. The van der Waals surface area contributed by atoms with Gasteiger partial charge >= 0.3 is 0 Å². The van der Waals surface area contributed by atoms with Crippen molar-refractivity contribution in [2.24, 2.45) is 0 Å². The number of amides is 1. The van der Waals surface area contributed by atoms with Crippen LogP contribution in [-0.2, 0) is 26.1 Å². The Morgan fingerprint density at radius 2 is 1.88 bits per heavy atom. The van der Waals surface area contributed by atoms with Gasteiger partial charge < -0.3 is 5.32 Å². The predicted molar refractivity (Wildman–Crippen MR) is 92.9 cm³/mol. The van der Waals surface area contributed by atoms with Gasteiger partial charge in [0.15, 0.2) is 0 Å². The Balaban J connectivity index is 1.53. The molecule has 0 spiro atoms. The van der Waals surface area contributed by atoms with Gasteiger partial charge in [0.1, 0.15) is 12.4 Å². The molecule has 2 aromatic rings. The fourth-order valence-electron chi connectivity index (χ4n) is 2.97. The lowest BCUT2D eigenvalue weighted by Gasteiger charge is -2.26. The molecule has 0 bridgehead atoms. The lowest BCUT2D eigenvalue weighted by atomic mass is 9.88. The summed E-state index contributed by atoms with van der Waals surface area (Å²) in [7, 11) is -3.97. The van der Waals surface area contributed by atoms with E-state index in [1.54, 1.807) is 0 Å². The first-order valence-electron chi connectivity index (χ1n) is 8.22. The number of nitrogens with one attached hydrogen (secondary N) is 2. The van der Waals surface area contributed by atoms with Gasteiger partial charge in [-0.25, -0.2) is 12.8 Å². The lowest BCUT2D eigenvalue weighted by molar-refractivity contribution is -0.127. The lowest BCUT2D eigenvalue weighted by Crippen LogP contribution is -2.36. The van der Waals surface area contributed by atoms with E-state index in [1.807, 2.05) is 29.2 Å². The number of sulfonamides is 1. The highest BCUT2D eigenvalue weighted by Crippen LogP contribution is 2.29. The molecule has 1 aliphatic rings. The number of benzene rings is 2. The first-order valence-corrected chi connectivity index (χ1v) is 9.70. The van der Waals surface area contributed by atoms with Gasteiger partial charge in [0, 0.05) is 0 Å². The molecule has 0 unspecified atom stereocenters. The maximum absolute atomic E-state index is 12.9. The minimum Gasteiger partial charge on any atom is -0.347 e. The summed E-state index contributed by atoms with van der Waals surface area (Å²) in [5.41, 5.74) is 2.29. The Morgan fingerprint density at radius 3 is 2.65 bits per heavy atom. The molecule has 26 heavy (non-hydrogen) atoms. The van der Waals surface area contributed by atoms with Crippen molar-refractivity contribution in [3.8, 4) is 0 Å². The second-order valence-electron chi connectivity index (χ2n) is 6.04. The summed E-state index contributed by atoms with van der Waals surface area (Å²) >= 11 is 0. The average Bonchev–Trinajstić information content (AvgIpc) is 2.62. The third kappa shape index (κ3) is 4.46. The molecule has 1 atom stereocenters. The number of hydrogen-bond donors (Lipinski definition) is 2. The quantitative estimate of drug-likeness (QED) is 0.755. The molecule has 2 aromatic carbocycles. The van der Waals surface area contributed by atoms with E-state index in [0.717, 1.165) is 49.1 Å². The van der Waals surface area contributed by atoms with E-state index in [-0.39, 0.29) is 10.9 Å². The van der Waals surface area contributed by atoms with Gasteiger partial charge in [-0.3, -0.25) is 9.63 Å². The Morgan fingerprint density at radius 1 is 1.15 bits per heavy atom. The van der Waals surface area contributed by atoms with Crippen molar-refractivity contribution >= 4 is 15.9 Å². The van der Waals surface area contributed by atoms with Crippen molar-refractivity contribution < 1.29 is 22.4 Å². The molecule has 6 nitrogen and oxygen atoms in total. The van der Waals surface area contributed by atoms with Crippen LogP contribution >= 0.6 is 0 Å². The van der Waals surface area contributed by atoms with E-state index < -0.39 is 28.4 Å². The van der Waals surface area contributed by atoms with Gasteiger partial charge in [0.05, 0.1) is 10.9 Å². The summed E-state index contributed by atoms with van der Waals surface area (Å²) < 4.78 is 36.8. The standard InChI is InChI=1S/C18H19FN2O4S/c19-14-8-10-15(11-9-14)26(23,24)21-25-12-18(22)20-17-7-3-5-13-4-1-2-6-16(13)17/h1-2,4,6,8-11,17,21H,3,5,7,12H2,(H,20,22)/t17-/m1/s1. The highest BCUT2D eigenvalue weighted by atomic mass is 32.2. The molecule has 0 saturated carbocycles. The van der Waals surface area contributed by atoms with Crippen LogP contribution in [0.2, 0.25) is 0 Å². The van der Waals surface area contributed by atoms with Crippen molar-refractivity contribution in [1.29, 1.82) is 0 Å². The third-order valence-corrected chi connectivity index (χ3v) is 5.43. The van der Waals surface area contributed by atoms with E-state index in [4.69, 9.17) is 4.84 Å². The number of rotatable bonds is 6. The third-order valence-electron chi connectivity index (χ3n) is 4.20. The molecule has 8 heteroatoms. The molecule has 1 amide bonds. The first-order chi connectivity index (χ1) is 12.5. The molecule has 2 N–H and O–H groups in total. The summed E-state index contributed by atoms with van der Waals surface area (Å²) in [6.45, 7) is -0.459. The summed E-state index contributed by atoms with van der Waals surface area (Å²) in [6, 6.07) is 12.1. The number of carbonyl (C=O) groups is 1. The first kappa shape index (κ1) is 18.5. The second-order valence-corrected chi connectivity index (χ2v) is 7.69. The molecular weight excluding hydrogens is 359 g/mol. The topological polar surface area (TPSA) is 84.5 Å². The van der Waals surface area contributed by atoms with Crippen LogP contribution in [0.15, 0.2) is 53.4 Å². The van der Waals surface area contributed by atoms with Crippen LogP contribution < -0.4 is 10.2 Å². The van der Waals surface area contributed by atoms with Gasteiger partial charge in [-0.05, 0) is 54.7 Å². The van der Waals surface area contributed by atoms with Crippen molar-refractivity contribution in [3.05, 3.63) is 65.5 Å². The van der Waals surface area contributed by atoms with Crippen molar-refractivity contribution in [2.45, 2.75) is 30.2 Å². The van der Waals surface area contributed by atoms with Crippen molar-refractivity contribution in [3.63, 3.8) is 0 Å². The maximum Gasteiger partial charge on any atom is 0.262 e. The summed E-state index contributed by atoms with van der Waals surface area (Å²) in [5.74, 6) is -0.967. The van der Waals surface area contributed by atoms with Gasteiger partial charge in [-0.2, -0.15) is 0 Å². The second kappa shape index (κ2) is 7.94. The van der Waals surface area contributed by atoms with Crippen LogP contribution in [0.5, 0.6) is 0 Å². The Hall–Kier alpha value is -2.29. The summed E-state index contributed by atoms with van der Waals surface area (Å²) in [5, 5.41) is 2.86. The number of hydrogen-bond acceptors (Lipinski definition) is 4. The van der Waals surface area contributed by atoms with Crippen molar-refractivity contribution in [2.75, 3.05) is 6.61 Å². The fourth-order valence-corrected chi connectivity index (χ4v) is 3.78. The van der Waals surface area contributed by atoms with E-state index in [1.165, 1.54) is 5.56 Å². The zero-order valence-corrected chi connectivity index (χ0v) is 14.8. The highest BCUT2D eigenvalue weighted by molar-refractivity contribution is 7.89. The average molecular weight is 378 g/mol. The summed E-state index contributed by atoms with van der Waals surface area (Å²) in [4.78, 5) is 18.6.